The predicted molar refractivity (Wildman–Crippen MR) is 112 cm³/mol. The van der Waals surface area contributed by atoms with Crippen LogP contribution in [0.25, 0.3) is 0 Å². The first-order valence-corrected chi connectivity index (χ1v) is 10.0. The molecule has 3 amide bonds. The van der Waals surface area contributed by atoms with E-state index in [1.165, 1.54) is 0 Å². The molecule has 2 aromatic rings. The minimum absolute atomic E-state index is 0.00282. The molecule has 31 heavy (non-hydrogen) atoms. The van der Waals surface area contributed by atoms with Gasteiger partial charge in [0, 0.05) is 13.0 Å². The summed E-state index contributed by atoms with van der Waals surface area (Å²) < 4.78 is 10.5. The number of benzene rings is 2. The van der Waals surface area contributed by atoms with Gasteiger partial charge in [-0.2, -0.15) is 0 Å². The van der Waals surface area contributed by atoms with Crippen LogP contribution >= 0.6 is 0 Å². The molecule has 1 heterocycles. The average molecular weight is 424 g/mol. The van der Waals surface area contributed by atoms with Gasteiger partial charge >= 0.3 is 5.97 Å². The highest BCUT2D eigenvalue weighted by Gasteiger charge is 2.34. The molecule has 0 bridgehead atoms. The number of carbonyl (C=O) groups is 4. The largest absolute Gasteiger partial charge is 0.492 e. The van der Waals surface area contributed by atoms with Crippen molar-refractivity contribution in [2.75, 3.05) is 26.3 Å². The van der Waals surface area contributed by atoms with Crippen molar-refractivity contribution in [1.82, 2.24) is 10.2 Å². The van der Waals surface area contributed by atoms with Crippen LogP contribution < -0.4 is 10.1 Å². The molecule has 8 nitrogen and oxygen atoms in total. The Balaban J connectivity index is 1.28. The Morgan fingerprint density at radius 2 is 1.71 bits per heavy atom. The third kappa shape index (κ3) is 5.91. The topological polar surface area (TPSA) is 102 Å². The Bertz CT molecular complexity index is 953. The standard InChI is InChI=1S/C23H24N2O6/c1-16-6-4-7-17(14-16)30-13-11-24-20(26)15-31-21(27)10-5-12-25-22(28)18-8-2-3-9-19(18)23(25)29/h2-4,6-9,14H,5,10-13,15H2,1H3,(H,24,26). The van der Waals surface area contributed by atoms with E-state index < -0.39 is 18.5 Å². The van der Waals surface area contributed by atoms with Crippen molar-refractivity contribution in [2.24, 2.45) is 0 Å². The summed E-state index contributed by atoms with van der Waals surface area (Å²) in [7, 11) is 0. The minimum Gasteiger partial charge on any atom is -0.492 e. The number of ether oxygens (including phenoxy) is 2. The van der Waals surface area contributed by atoms with Gasteiger partial charge in [0.05, 0.1) is 17.7 Å². The Hall–Kier alpha value is -3.68. The van der Waals surface area contributed by atoms with E-state index in [4.69, 9.17) is 9.47 Å². The number of imide groups is 1. The minimum atomic E-state index is -0.567. The summed E-state index contributed by atoms with van der Waals surface area (Å²) >= 11 is 0. The van der Waals surface area contributed by atoms with Crippen LogP contribution in [0.1, 0.15) is 39.1 Å². The quantitative estimate of drug-likeness (QED) is 0.356. The molecule has 162 valence electrons. The van der Waals surface area contributed by atoms with Crippen molar-refractivity contribution in [3.8, 4) is 5.75 Å². The van der Waals surface area contributed by atoms with Crippen molar-refractivity contribution < 1.29 is 28.7 Å². The molecule has 1 N–H and O–H groups in total. The van der Waals surface area contributed by atoms with E-state index in [2.05, 4.69) is 5.32 Å². The van der Waals surface area contributed by atoms with Crippen molar-refractivity contribution in [3.63, 3.8) is 0 Å². The van der Waals surface area contributed by atoms with Gasteiger partial charge in [-0.05, 0) is 43.2 Å². The first-order chi connectivity index (χ1) is 15.0. The van der Waals surface area contributed by atoms with Crippen LogP contribution in [0.2, 0.25) is 0 Å². The van der Waals surface area contributed by atoms with Gasteiger partial charge in [0.15, 0.2) is 6.61 Å². The second kappa shape index (κ2) is 10.4. The molecule has 0 fully saturated rings. The third-order valence-corrected chi connectivity index (χ3v) is 4.69. The molecule has 3 rings (SSSR count). The van der Waals surface area contributed by atoms with Gasteiger partial charge in [0.2, 0.25) is 0 Å². The van der Waals surface area contributed by atoms with Crippen molar-refractivity contribution in [3.05, 3.63) is 65.2 Å². The molecule has 8 heteroatoms. The zero-order valence-corrected chi connectivity index (χ0v) is 17.3. The van der Waals surface area contributed by atoms with Gasteiger partial charge in [-0.3, -0.25) is 24.1 Å². The maximum absolute atomic E-state index is 12.3. The van der Waals surface area contributed by atoms with Crippen LogP contribution in [-0.4, -0.2) is 54.9 Å². The number of nitrogens with one attached hydrogen (secondary N) is 1. The van der Waals surface area contributed by atoms with E-state index in [-0.39, 0.29) is 37.7 Å². The fourth-order valence-electron chi connectivity index (χ4n) is 3.16. The summed E-state index contributed by atoms with van der Waals surface area (Å²) in [5, 5.41) is 2.61. The summed E-state index contributed by atoms with van der Waals surface area (Å²) in [6.45, 7) is 2.26. The van der Waals surface area contributed by atoms with E-state index in [0.29, 0.717) is 17.7 Å². The Labute approximate surface area is 180 Å². The SMILES string of the molecule is Cc1cccc(OCCNC(=O)COC(=O)CCCN2C(=O)c3ccccc3C2=O)c1. The van der Waals surface area contributed by atoms with Crippen LogP contribution in [0.15, 0.2) is 48.5 Å². The lowest BCUT2D eigenvalue weighted by Crippen LogP contribution is -2.32. The number of rotatable bonds is 10. The molecular weight excluding hydrogens is 400 g/mol. The molecular formula is C23H24N2O6. The number of amides is 3. The highest BCUT2D eigenvalue weighted by molar-refractivity contribution is 6.21. The molecule has 0 atom stereocenters. The molecule has 0 unspecified atom stereocenters. The number of hydrogen-bond donors (Lipinski definition) is 1. The average Bonchev–Trinajstić information content (AvgIpc) is 3.00. The third-order valence-electron chi connectivity index (χ3n) is 4.69. The molecule has 1 aliphatic rings. The molecule has 1 aliphatic heterocycles. The molecule has 0 saturated carbocycles. The Morgan fingerprint density at radius 3 is 2.39 bits per heavy atom. The Kier molecular flexibility index (Phi) is 7.37. The normalized spacial score (nSPS) is 12.5. The zero-order chi connectivity index (χ0) is 22.2. The van der Waals surface area contributed by atoms with Crippen LogP contribution in [0.4, 0.5) is 0 Å². The number of hydrogen-bond acceptors (Lipinski definition) is 6. The van der Waals surface area contributed by atoms with Gasteiger partial charge in [-0.25, -0.2) is 0 Å². The van der Waals surface area contributed by atoms with Crippen LogP contribution in [0.5, 0.6) is 5.75 Å². The van der Waals surface area contributed by atoms with Gasteiger partial charge in [0.1, 0.15) is 12.4 Å². The smallest absolute Gasteiger partial charge is 0.306 e. The van der Waals surface area contributed by atoms with Crippen molar-refractivity contribution in [1.29, 1.82) is 0 Å². The number of aryl methyl sites for hydroxylation is 1. The summed E-state index contributed by atoms with van der Waals surface area (Å²) in [6, 6.07) is 14.2. The Morgan fingerprint density at radius 1 is 1.00 bits per heavy atom. The first kappa shape index (κ1) is 22.0. The number of nitrogens with zero attached hydrogens (tertiary/aromatic N) is 1. The van der Waals surface area contributed by atoms with Crippen molar-refractivity contribution >= 4 is 23.7 Å². The van der Waals surface area contributed by atoms with Crippen LogP contribution in [0.3, 0.4) is 0 Å². The van der Waals surface area contributed by atoms with E-state index in [1.807, 2.05) is 31.2 Å². The first-order valence-electron chi connectivity index (χ1n) is 10.0. The molecule has 0 aromatic heterocycles. The highest BCUT2D eigenvalue weighted by Crippen LogP contribution is 2.22. The molecule has 0 radical (unpaired) electrons. The molecule has 0 aliphatic carbocycles. The van der Waals surface area contributed by atoms with Gasteiger partial charge < -0.3 is 14.8 Å². The number of carbonyl (C=O) groups excluding carboxylic acids is 4. The lowest BCUT2D eigenvalue weighted by atomic mass is 10.1. The molecule has 2 aromatic carbocycles. The molecule has 0 spiro atoms. The van der Waals surface area contributed by atoms with Gasteiger partial charge in [-0.1, -0.05) is 24.3 Å². The van der Waals surface area contributed by atoms with E-state index in [0.717, 1.165) is 16.2 Å². The van der Waals surface area contributed by atoms with Gasteiger partial charge in [-0.15, -0.1) is 0 Å². The molecule has 0 saturated heterocycles. The van der Waals surface area contributed by atoms with Gasteiger partial charge in [0.25, 0.3) is 17.7 Å². The monoisotopic (exact) mass is 424 g/mol. The summed E-state index contributed by atoms with van der Waals surface area (Å²) in [6.07, 6.45) is 0.257. The zero-order valence-electron chi connectivity index (χ0n) is 17.3. The van der Waals surface area contributed by atoms with Crippen LogP contribution in [0, 0.1) is 6.92 Å². The maximum Gasteiger partial charge on any atom is 0.306 e. The number of esters is 1. The van der Waals surface area contributed by atoms with E-state index in [1.54, 1.807) is 24.3 Å². The summed E-state index contributed by atoms with van der Waals surface area (Å²) in [5.74, 6) is -0.995. The van der Waals surface area contributed by atoms with E-state index in [9.17, 15) is 19.2 Å². The lowest BCUT2D eigenvalue weighted by Gasteiger charge is -2.13. The second-order valence-corrected chi connectivity index (χ2v) is 7.09. The van der Waals surface area contributed by atoms with Crippen molar-refractivity contribution in [2.45, 2.75) is 19.8 Å². The van der Waals surface area contributed by atoms with Crippen LogP contribution in [-0.2, 0) is 14.3 Å². The maximum atomic E-state index is 12.3. The highest BCUT2D eigenvalue weighted by atomic mass is 16.5. The second-order valence-electron chi connectivity index (χ2n) is 7.09. The lowest BCUT2D eigenvalue weighted by molar-refractivity contribution is -0.148. The van der Waals surface area contributed by atoms with E-state index >= 15 is 0 Å². The number of fused-ring (bicyclic) bond motifs is 1. The predicted octanol–water partition coefficient (Wildman–Crippen LogP) is 2.11. The fraction of sp³-hybridized carbons (Fsp3) is 0.304. The summed E-state index contributed by atoms with van der Waals surface area (Å²) in [4.78, 5) is 49.2. The summed E-state index contributed by atoms with van der Waals surface area (Å²) in [5.41, 5.74) is 1.83. The fourth-order valence-corrected chi connectivity index (χ4v) is 3.16.